The van der Waals surface area contributed by atoms with E-state index in [4.69, 9.17) is 5.73 Å². The first-order chi connectivity index (χ1) is 18.1. The maximum Gasteiger partial charge on any atom is 0.348 e. The van der Waals surface area contributed by atoms with Crippen molar-refractivity contribution < 1.29 is 14.7 Å². The van der Waals surface area contributed by atoms with E-state index < -0.39 is 5.97 Å². The molecule has 9 heteroatoms. The SMILES string of the molecule is Cc1cc(N)n2nc(-c3ccc(-c4cc(N(C(=O)[C@H]5CC[C@H](C)CC5)C(C)C)c(C(=O)O)s4)cc3)cc2n1. The Kier molecular flexibility index (Phi) is 6.96. The second kappa shape index (κ2) is 10.2. The zero-order valence-corrected chi connectivity index (χ0v) is 23.0. The highest BCUT2D eigenvalue weighted by Crippen LogP contribution is 2.40. The van der Waals surface area contributed by atoms with E-state index in [2.05, 4.69) is 17.0 Å². The number of carboxylic acids is 1. The number of aromatic nitrogens is 3. The van der Waals surface area contributed by atoms with Gasteiger partial charge in [-0.2, -0.15) is 9.61 Å². The predicted molar refractivity (Wildman–Crippen MR) is 152 cm³/mol. The molecule has 0 saturated heterocycles. The first-order valence-electron chi connectivity index (χ1n) is 13.1. The molecule has 1 fully saturated rings. The van der Waals surface area contributed by atoms with Crippen LogP contribution in [0.25, 0.3) is 27.3 Å². The van der Waals surface area contributed by atoms with Crippen molar-refractivity contribution in [1.82, 2.24) is 14.6 Å². The number of hydrogen-bond acceptors (Lipinski definition) is 6. The van der Waals surface area contributed by atoms with Crippen LogP contribution in [0.1, 0.15) is 61.8 Å². The fourth-order valence-corrected chi connectivity index (χ4v) is 6.28. The summed E-state index contributed by atoms with van der Waals surface area (Å²) in [4.78, 5) is 33.0. The molecule has 1 aliphatic carbocycles. The van der Waals surface area contributed by atoms with Crippen LogP contribution in [0.3, 0.4) is 0 Å². The average Bonchev–Trinajstić information content (AvgIpc) is 3.50. The fraction of sp³-hybridized carbons (Fsp3) is 0.379. The van der Waals surface area contributed by atoms with Gasteiger partial charge in [0.05, 0.1) is 11.4 Å². The highest BCUT2D eigenvalue weighted by molar-refractivity contribution is 7.18. The number of nitrogen functional groups attached to an aromatic ring is 1. The minimum atomic E-state index is -1.02. The van der Waals surface area contributed by atoms with Crippen LogP contribution in [-0.2, 0) is 4.79 Å². The first-order valence-corrected chi connectivity index (χ1v) is 13.9. The molecule has 0 spiro atoms. The third-order valence-electron chi connectivity index (χ3n) is 7.33. The smallest absolute Gasteiger partial charge is 0.348 e. The number of aromatic carboxylic acids is 1. The maximum atomic E-state index is 13.6. The molecule has 3 heterocycles. The number of nitrogens with two attached hydrogens (primary N) is 1. The lowest BCUT2D eigenvalue weighted by Crippen LogP contribution is -2.42. The van der Waals surface area contributed by atoms with Crippen molar-refractivity contribution in [3.8, 4) is 21.7 Å². The van der Waals surface area contributed by atoms with Crippen LogP contribution in [0.2, 0.25) is 0 Å². The summed E-state index contributed by atoms with van der Waals surface area (Å²) in [7, 11) is 0. The molecule has 1 saturated carbocycles. The minimum Gasteiger partial charge on any atom is -0.477 e. The number of carbonyl (C=O) groups is 2. The van der Waals surface area contributed by atoms with E-state index in [-0.39, 0.29) is 22.7 Å². The standard InChI is InChI=1S/C29H33N5O3S/c1-16(2)33(28(35)21-7-5-17(3)6-8-21)23-15-24(38-27(23)29(36)37)20-11-9-19(10-12-20)22-14-26-31-18(4)13-25(30)34(26)32-22/h9-17,21H,5-8,30H2,1-4H3,(H,36,37)/t17-,21-. The highest BCUT2D eigenvalue weighted by Gasteiger charge is 2.33. The van der Waals surface area contributed by atoms with Gasteiger partial charge in [-0.15, -0.1) is 11.3 Å². The molecule has 0 bridgehead atoms. The lowest BCUT2D eigenvalue weighted by Gasteiger charge is -2.33. The molecule has 1 aliphatic rings. The van der Waals surface area contributed by atoms with Crippen molar-refractivity contribution in [3.05, 3.63) is 53.0 Å². The van der Waals surface area contributed by atoms with Gasteiger partial charge in [-0.1, -0.05) is 31.2 Å². The van der Waals surface area contributed by atoms with Crippen molar-refractivity contribution in [2.45, 2.75) is 59.4 Å². The van der Waals surface area contributed by atoms with Gasteiger partial charge in [0.1, 0.15) is 10.7 Å². The van der Waals surface area contributed by atoms with Gasteiger partial charge in [0, 0.05) is 40.2 Å². The molecule has 0 atom stereocenters. The summed E-state index contributed by atoms with van der Waals surface area (Å²) in [5, 5.41) is 14.6. The third-order valence-corrected chi connectivity index (χ3v) is 8.49. The Morgan fingerprint density at radius 2 is 1.74 bits per heavy atom. The molecule has 0 unspecified atom stereocenters. The van der Waals surface area contributed by atoms with Gasteiger partial charge in [-0.3, -0.25) is 4.79 Å². The third kappa shape index (κ3) is 4.90. The largest absolute Gasteiger partial charge is 0.477 e. The van der Waals surface area contributed by atoms with Gasteiger partial charge >= 0.3 is 5.97 Å². The molecule has 198 valence electrons. The number of fused-ring (bicyclic) bond motifs is 1. The Labute approximate surface area is 226 Å². The Morgan fingerprint density at radius 3 is 2.37 bits per heavy atom. The zero-order valence-electron chi connectivity index (χ0n) is 22.1. The number of thiophene rings is 1. The zero-order chi connectivity index (χ0) is 27.1. The van der Waals surface area contributed by atoms with Gasteiger partial charge < -0.3 is 15.7 Å². The van der Waals surface area contributed by atoms with E-state index in [1.807, 2.05) is 57.2 Å². The normalized spacial score (nSPS) is 17.7. The molecule has 3 N–H and O–H groups in total. The summed E-state index contributed by atoms with van der Waals surface area (Å²) >= 11 is 1.20. The van der Waals surface area contributed by atoms with Crippen LogP contribution >= 0.6 is 11.3 Å². The van der Waals surface area contributed by atoms with Gasteiger partial charge in [-0.25, -0.2) is 9.78 Å². The number of benzene rings is 1. The summed E-state index contributed by atoms with van der Waals surface area (Å²) in [5.41, 5.74) is 10.6. The number of anilines is 2. The second-order valence-corrected chi connectivity index (χ2v) is 11.6. The van der Waals surface area contributed by atoms with Gasteiger partial charge in [0.2, 0.25) is 5.91 Å². The fourth-order valence-electron chi connectivity index (χ4n) is 5.29. The van der Waals surface area contributed by atoms with E-state index in [1.165, 1.54) is 11.3 Å². The molecule has 1 amide bonds. The number of carboxylic acid groups (broad SMARTS) is 1. The molecular weight excluding hydrogens is 498 g/mol. The van der Waals surface area contributed by atoms with Crippen LogP contribution in [-0.4, -0.2) is 37.6 Å². The Balaban J connectivity index is 1.46. The topological polar surface area (TPSA) is 114 Å². The van der Waals surface area contributed by atoms with Gasteiger partial charge in [0.25, 0.3) is 0 Å². The number of rotatable bonds is 6. The number of hydrogen-bond donors (Lipinski definition) is 2. The van der Waals surface area contributed by atoms with E-state index >= 15 is 0 Å². The van der Waals surface area contributed by atoms with E-state index in [0.29, 0.717) is 23.1 Å². The van der Waals surface area contributed by atoms with Crippen LogP contribution in [0, 0.1) is 18.8 Å². The molecule has 0 radical (unpaired) electrons. The molecule has 4 aromatic rings. The maximum absolute atomic E-state index is 13.6. The number of aryl methyl sites for hydroxylation is 1. The van der Waals surface area contributed by atoms with Crippen LogP contribution in [0.15, 0.2) is 42.5 Å². The predicted octanol–water partition coefficient (Wildman–Crippen LogP) is 6.28. The molecule has 38 heavy (non-hydrogen) atoms. The monoisotopic (exact) mass is 531 g/mol. The second-order valence-electron chi connectivity index (χ2n) is 10.6. The van der Waals surface area contributed by atoms with Crippen molar-refractivity contribution in [1.29, 1.82) is 0 Å². The molecule has 5 rings (SSSR count). The Bertz CT molecular complexity index is 1500. The van der Waals surface area contributed by atoms with Crippen LogP contribution in [0.5, 0.6) is 0 Å². The summed E-state index contributed by atoms with van der Waals surface area (Å²) in [6.45, 7) is 8.00. The van der Waals surface area contributed by atoms with Crippen LogP contribution in [0.4, 0.5) is 11.5 Å². The van der Waals surface area contributed by atoms with E-state index in [0.717, 1.165) is 53.1 Å². The molecular formula is C29H33N5O3S. The van der Waals surface area contributed by atoms with Gasteiger partial charge in [-0.05, 0) is 64.0 Å². The summed E-state index contributed by atoms with van der Waals surface area (Å²) in [6.07, 6.45) is 3.77. The molecule has 3 aromatic heterocycles. The summed E-state index contributed by atoms with van der Waals surface area (Å²) < 4.78 is 1.62. The van der Waals surface area contributed by atoms with E-state index in [1.54, 1.807) is 15.5 Å². The lowest BCUT2D eigenvalue weighted by atomic mass is 9.82. The van der Waals surface area contributed by atoms with Crippen LogP contribution < -0.4 is 10.6 Å². The number of nitrogens with zero attached hydrogens (tertiary/aromatic N) is 4. The molecule has 0 aliphatic heterocycles. The van der Waals surface area contributed by atoms with Crippen molar-refractivity contribution in [2.24, 2.45) is 11.8 Å². The lowest BCUT2D eigenvalue weighted by molar-refractivity contribution is -0.123. The van der Waals surface area contributed by atoms with E-state index in [9.17, 15) is 14.7 Å². The molecule has 8 nitrogen and oxygen atoms in total. The quantitative estimate of drug-likeness (QED) is 0.303. The van der Waals surface area contributed by atoms with Crippen molar-refractivity contribution >= 4 is 40.4 Å². The number of amides is 1. The Hall–Kier alpha value is -3.72. The number of carbonyl (C=O) groups excluding carboxylic acids is 1. The average molecular weight is 532 g/mol. The highest BCUT2D eigenvalue weighted by atomic mass is 32.1. The summed E-state index contributed by atoms with van der Waals surface area (Å²) in [6, 6.07) is 13.2. The van der Waals surface area contributed by atoms with Gasteiger partial charge in [0.15, 0.2) is 5.65 Å². The van der Waals surface area contributed by atoms with Crippen molar-refractivity contribution in [2.75, 3.05) is 10.6 Å². The molecule has 1 aromatic carbocycles. The minimum absolute atomic E-state index is 0.0315. The summed E-state index contributed by atoms with van der Waals surface area (Å²) in [5.74, 6) is 0.109. The first kappa shape index (κ1) is 25.9. The Morgan fingerprint density at radius 1 is 1.08 bits per heavy atom. The van der Waals surface area contributed by atoms with Crippen molar-refractivity contribution in [3.63, 3.8) is 0 Å².